The lowest BCUT2D eigenvalue weighted by molar-refractivity contribution is 0.881. The topological polar surface area (TPSA) is 66.8 Å². The minimum Gasteiger partial charge on any atom is -0.195 e. The third kappa shape index (κ3) is 1.71. The minimum absolute atomic E-state index is 0.558. The van der Waals surface area contributed by atoms with Crippen LogP contribution in [0.2, 0.25) is 0 Å². The molecule has 5 nitrogen and oxygen atoms in total. The monoisotopic (exact) mass is 203 g/mol. The molecule has 0 radical (unpaired) electrons. The summed E-state index contributed by atoms with van der Waals surface area (Å²) in [5.41, 5.74) is 1.63. The van der Waals surface area contributed by atoms with Gasteiger partial charge in [0.2, 0.25) is 5.82 Å². The number of thiocarbonyl (C=S) groups is 1. The van der Waals surface area contributed by atoms with E-state index in [-0.39, 0.29) is 0 Å². The highest BCUT2D eigenvalue weighted by molar-refractivity contribution is 7.78. The first-order valence-corrected chi connectivity index (χ1v) is 4.23. The van der Waals surface area contributed by atoms with Gasteiger partial charge >= 0.3 is 0 Å². The second-order valence-electron chi connectivity index (χ2n) is 2.49. The van der Waals surface area contributed by atoms with Crippen molar-refractivity contribution < 1.29 is 0 Å². The molecule has 0 amide bonds. The normalized spacial score (nSPS) is 9.43. The van der Waals surface area contributed by atoms with E-state index < -0.39 is 0 Å². The molecular weight excluding hydrogens is 198 g/mol. The van der Waals surface area contributed by atoms with Crippen molar-refractivity contribution in [2.24, 2.45) is 4.99 Å². The maximum atomic E-state index is 4.49. The number of nitrogens with one attached hydrogen (secondary N) is 1. The van der Waals surface area contributed by atoms with Crippen molar-refractivity contribution in [2.45, 2.75) is 0 Å². The van der Waals surface area contributed by atoms with Gasteiger partial charge in [-0.3, -0.25) is 0 Å². The highest BCUT2D eigenvalue weighted by Gasteiger charge is 2.00. The molecule has 0 spiro atoms. The zero-order valence-corrected chi connectivity index (χ0v) is 7.82. The Morgan fingerprint density at radius 1 is 1.29 bits per heavy atom. The van der Waals surface area contributed by atoms with Crippen molar-refractivity contribution in [2.75, 3.05) is 0 Å². The molecule has 1 heterocycles. The Labute approximate surface area is 84.9 Å². The number of hydrogen-bond acceptors (Lipinski definition) is 5. The predicted molar refractivity (Wildman–Crippen MR) is 54.3 cm³/mol. The number of tetrazole rings is 1. The summed E-state index contributed by atoms with van der Waals surface area (Å²) in [6, 6.07) is 7.31. The van der Waals surface area contributed by atoms with E-state index in [1.54, 1.807) is 0 Å². The summed E-state index contributed by atoms with van der Waals surface area (Å²) in [5, 5.41) is 15.8. The van der Waals surface area contributed by atoms with Crippen LogP contribution in [0.25, 0.3) is 11.4 Å². The van der Waals surface area contributed by atoms with Gasteiger partial charge in [-0.25, -0.2) is 0 Å². The smallest absolute Gasteiger partial charge is 0.195 e. The number of aromatic amines is 1. The molecule has 0 aliphatic heterocycles. The summed E-state index contributed by atoms with van der Waals surface area (Å²) in [6.45, 7) is 0. The molecular formula is C8H5N5S. The summed E-state index contributed by atoms with van der Waals surface area (Å²) < 4.78 is 0. The highest BCUT2D eigenvalue weighted by Crippen LogP contribution is 2.17. The van der Waals surface area contributed by atoms with Gasteiger partial charge in [-0.15, -0.1) is 10.2 Å². The van der Waals surface area contributed by atoms with E-state index in [1.807, 2.05) is 24.3 Å². The van der Waals surface area contributed by atoms with Gasteiger partial charge in [0.05, 0.1) is 10.8 Å². The molecule has 1 aromatic carbocycles. The van der Waals surface area contributed by atoms with E-state index in [0.717, 1.165) is 11.3 Å². The van der Waals surface area contributed by atoms with Crippen molar-refractivity contribution in [3.8, 4) is 11.4 Å². The molecule has 0 atom stereocenters. The number of hydrogen-bond donors (Lipinski definition) is 1. The van der Waals surface area contributed by atoms with Crippen LogP contribution >= 0.6 is 12.2 Å². The van der Waals surface area contributed by atoms with Crippen LogP contribution in [-0.2, 0) is 0 Å². The highest BCUT2D eigenvalue weighted by atomic mass is 32.1. The lowest BCUT2D eigenvalue weighted by Gasteiger charge is -1.93. The van der Waals surface area contributed by atoms with Crippen LogP contribution in [0.4, 0.5) is 5.69 Å². The summed E-state index contributed by atoms with van der Waals surface area (Å²) in [5.74, 6) is 0.558. The zero-order valence-electron chi connectivity index (χ0n) is 7.01. The fraction of sp³-hybridized carbons (Fsp3) is 0. The number of isothiocyanates is 1. The van der Waals surface area contributed by atoms with Gasteiger partial charge in [0.25, 0.3) is 0 Å². The number of rotatable bonds is 2. The first-order valence-electron chi connectivity index (χ1n) is 3.82. The zero-order chi connectivity index (χ0) is 9.80. The van der Waals surface area contributed by atoms with Crippen molar-refractivity contribution in [3.05, 3.63) is 24.3 Å². The molecule has 2 aromatic rings. The first kappa shape index (κ1) is 8.68. The van der Waals surface area contributed by atoms with E-state index in [2.05, 4.69) is 43.0 Å². The lowest BCUT2D eigenvalue weighted by atomic mass is 10.2. The third-order valence-corrected chi connectivity index (χ3v) is 1.74. The van der Waals surface area contributed by atoms with Gasteiger partial charge in [-0.05, 0) is 41.7 Å². The van der Waals surface area contributed by atoms with Crippen molar-refractivity contribution in [1.82, 2.24) is 20.6 Å². The van der Waals surface area contributed by atoms with Gasteiger partial charge in [-0.1, -0.05) is 0 Å². The number of nitrogens with zero attached hydrogens (tertiary/aromatic N) is 4. The van der Waals surface area contributed by atoms with Crippen LogP contribution < -0.4 is 0 Å². The molecule has 1 N–H and O–H groups in total. The molecule has 0 unspecified atom stereocenters. The standard InChI is InChI=1S/C8H5N5S/c14-5-9-7-3-1-6(2-4-7)8-10-12-13-11-8/h1-4H,(H,10,11,12,13). The lowest BCUT2D eigenvalue weighted by Crippen LogP contribution is -1.79. The number of H-pyrrole nitrogens is 1. The van der Waals surface area contributed by atoms with E-state index in [1.165, 1.54) is 0 Å². The first-order chi connectivity index (χ1) is 6.90. The third-order valence-electron chi connectivity index (χ3n) is 1.65. The fourth-order valence-corrected chi connectivity index (χ4v) is 1.13. The number of aromatic nitrogens is 4. The van der Waals surface area contributed by atoms with Crippen LogP contribution in [-0.4, -0.2) is 25.8 Å². The Morgan fingerprint density at radius 2 is 2.07 bits per heavy atom. The average molecular weight is 203 g/mol. The summed E-state index contributed by atoms with van der Waals surface area (Å²) >= 11 is 4.49. The predicted octanol–water partition coefficient (Wildman–Crippen LogP) is 1.60. The van der Waals surface area contributed by atoms with Crippen LogP contribution in [0.5, 0.6) is 0 Å². The molecule has 2 rings (SSSR count). The molecule has 0 bridgehead atoms. The summed E-state index contributed by atoms with van der Waals surface area (Å²) in [6.07, 6.45) is 0. The largest absolute Gasteiger partial charge is 0.204 e. The Balaban J connectivity index is 2.35. The maximum Gasteiger partial charge on any atom is 0.204 e. The molecule has 0 aliphatic carbocycles. The SMILES string of the molecule is S=C=Nc1ccc(-c2nn[nH]n2)cc1. The molecule has 0 aliphatic rings. The quantitative estimate of drug-likeness (QED) is 0.594. The van der Waals surface area contributed by atoms with Gasteiger partial charge in [0.1, 0.15) is 0 Å². The number of benzene rings is 1. The Morgan fingerprint density at radius 3 is 2.64 bits per heavy atom. The van der Waals surface area contributed by atoms with Crippen LogP contribution in [0.3, 0.4) is 0 Å². The van der Waals surface area contributed by atoms with E-state index in [4.69, 9.17) is 0 Å². The van der Waals surface area contributed by atoms with Crippen molar-refractivity contribution >= 4 is 23.1 Å². The molecule has 0 saturated carbocycles. The second-order valence-corrected chi connectivity index (χ2v) is 2.67. The van der Waals surface area contributed by atoms with E-state index in [0.29, 0.717) is 5.82 Å². The maximum absolute atomic E-state index is 4.49. The average Bonchev–Trinajstić information content (AvgIpc) is 2.72. The summed E-state index contributed by atoms with van der Waals surface area (Å²) in [4.78, 5) is 3.83. The van der Waals surface area contributed by atoms with Gasteiger partial charge in [0.15, 0.2) is 0 Å². The minimum atomic E-state index is 0.558. The number of aliphatic imine (C=N–C) groups is 1. The van der Waals surface area contributed by atoms with Crippen LogP contribution in [0.15, 0.2) is 29.3 Å². The molecule has 14 heavy (non-hydrogen) atoms. The molecule has 6 heteroatoms. The Bertz CT molecular complexity index is 455. The van der Waals surface area contributed by atoms with Gasteiger partial charge in [-0.2, -0.15) is 10.2 Å². The van der Waals surface area contributed by atoms with Gasteiger partial charge in [0, 0.05) is 5.56 Å². The second kappa shape index (κ2) is 3.87. The van der Waals surface area contributed by atoms with Crippen LogP contribution in [0.1, 0.15) is 0 Å². The van der Waals surface area contributed by atoms with E-state index in [9.17, 15) is 0 Å². The molecule has 0 fully saturated rings. The van der Waals surface area contributed by atoms with E-state index >= 15 is 0 Å². The Hall–Kier alpha value is -1.91. The van der Waals surface area contributed by atoms with Crippen LogP contribution in [0, 0.1) is 0 Å². The van der Waals surface area contributed by atoms with Crippen molar-refractivity contribution in [1.29, 1.82) is 0 Å². The summed E-state index contributed by atoms with van der Waals surface area (Å²) in [7, 11) is 0. The van der Waals surface area contributed by atoms with Crippen molar-refractivity contribution in [3.63, 3.8) is 0 Å². The van der Waals surface area contributed by atoms with Gasteiger partial charge < -0.3 is 0 Å². The fourth-order valence-electron chi connectivity index (χ4n) is 1.02. The molecule has 1 aromatic heterocycles. The molecule has 0 saturated heterocycles. The Kier molecular flexibility index (Phi) is 2.40. The molecule has 68 valence electrons.